The molecule has 0 aliphatic carbocycles. The molecule has 0 radical (unpaired) electrons. The lowest BCUT2D eigenvalue weighted by Crippen LogP contribution is -2.37. The Hall–Kier alpha value is -2.63. The molecular weight excluding hydrogens is 256 g/mol. The van der Waals surface area contributed by atoms with Gasteiger partial charge in [-0.05, 0) is 12.5 Å². The minimum Gasteiger partial charge on any atom is -0.281 e. The van der Waals surface area contributed by atoms with Gasteiger partial charge in [0.05, 0.1) is 5.71 Å². The molecule has 1 N–H and O–H groups in total. The van der Waals surface area contributed by atoms with Gasteiger partial charge in [-0.2, -0.15) is 5.10 Å². The van der Waals surface area contributed by atoms with Crippen LogP contribution in [-0.4, -0.2) is 14.8 Å². The Labute approximate surface area is 116 Å². The third-order valence-electron chi connectivity index (χ3n) is 3.06. The molecule has 1 heterocycles. The van der Waals surface area contributed by atoms with Crippen molar-refractivity contribution in [3.05, 3.63) is 62.8 Å². The highest BCUT2D eigenvalue weighted by atomic mass is 16.2. The van der Waals surface area contributed by atoms with Crippen LogP contribution in [-0.2, 0) is 14.1 Å². The van der Waals surface area contributed by atoms with Gasteiger partial charge >= 0.3 is 5.69 Å². The highest BCUT2D eigenvalue weighted by Gasteiger charge is 2.05. The second-order valence-electron chi connectivity index (χ2n) is 4.44. The van der Waals surface area contributed by atoms with Gasteiger partial charge in [0.15, 0.2) is 0 Å². The molecule has 1 aromatic carbocycles. The fraction of sp³-hybridized carbons (Fsp3) is 0.214. The maximum absolute atomic E-state index is 11.8. The monoisotopic (exact) mass is 272 g/mol. The molecule has 0 aliphatic rings. The van der Waals surface area contributed by atoms with Gasteiger partial charge in [0.2, 0.25) is 0 Å². The zero-order valence-corrected chi connectivity index (χ0v) is 11.6. The molecule has 0 saturated carbocycles. The van der Waals surface area contributed by atoms with Gasteiger partial charge in [0.25, 0.3) is 5.56 Å². The van der Waals surface area contributed by atoms with E-state index in [0.29, 0.717) is 5.82 Å². The van der Waals surface area contributed by atoms with E-state index < -0.39 is 5.69 Å². The Bertz CT molecular complexity index is 757. The van der Waals surface area contributed by atoms with Crippen LogP contribution in [0.1, 0.15) is 12.5 Å². The maximum Gasteiger partial charge on any atom is 0.332 e. The molecule has 0 aliphatic heterocycles. The van der Waals surface area contributed by atoms with Crippen molar-refractivity contribution in [3.63, 3.8) is 0 Å². The van der Waals surface area contributed by atoms with Crippen LogP contribution >= 0.6 is 0 Å². The van der Waals surface area contributed by atoms with Gasteiger partial charge in [-0.3, -0.25) is 19.4 Å². The van der Waals surface area contributed by atoms with E-state index in [0.717, 1.165) is 15.8 Å². The van der Waals surface area contributed by atoms with Crippen molar-refractivity contribution in [2.24, 2.45) is 19.2 Å². The average molecular weight is 272 g/mol. The number of benzene rings is 1. The lowest BCUT2D eigenvalue weighted by atomic mass is 10.1. The van der Waals surface area contributed by atoms with Crippen molar-refractivity contribution >= 4 is 11.5 Å². The summed E-state index contributed by atoms with van der Waals surface area (Å²) in [6, 6.07) is 11.0. The Morgan fingerprint density at radius 3 is 2.40 bits per heavy atom. The fourth-order valence-corrected chi connectivity index (χ4v) is 1.73. The average Bonchev–Trinajstić information content (AvgIpc) is 2.48. The second kappa shape index (κ2) is 5.56. The topological polar surface area (TPSA) is 68.4 Å². The number of rotatable bonds is 3. The largest absolute Gasteiger partial charge is 0.332 e. The molecular formula is C14H16N4O2. The predicted molar refractivity (Wildman–Crippen MR) is 79.2 cm³/mol. The van der Waals surface area contributed by atoms with Crippen LogP contribution in [0.3, 0.4) is 0 Å². The molecule has 6 heteroatoms. The van der Waals surface area contributed by atoms with Crippen LogP contribution in [0, 0.1) is 0 Å². The molecule has 104 valence electrons. The molecule has 6 nitrogen and oxygen atoms in total. The van der Waals surface area contributed by atoms with Crippen molar-refractivity contribution in [2.75, 3.05) is 5.43 Å². The third kappa shape index (κ3) is 2.69. The molecule has 2 rings (SSSR count). The van der Waals surface area contributed by atoms with Crippen LogP contribution in [0.4, 0.5) is 5.82 Å². The summed E-state index contributed by atoms with van der Waals surface area (Å²) in [5.41, 5.74) is 3.72. The van der Waals surface area contributed by atoms with E-state index in [1.54, 1.807) is 7.05 Å². The summed E-state index contributed by atoms with van der Waals surface area (Å²) in [5, 5.41) is 4.20. The second-order valence-corrected chi connectivity index (χ2v) is 4.44. The highest BCUT2D eigenvalue weighted by molar-refractivity contribution is 5.98. The van der Waals surface area contributed by atoms with Crippen LogP contribution in [0.2, 0.25) is 0 Å². The summed E-state index contributed by atoms with van der Waals surface area (Å²) in [7, 11) is 3.02. The quantitative estimate of drug-likeness (QED) is 0.667. The first-order chi connectivity index (χ1) is 9.50. The van der Waals surface area contributed by atoms with Crippen LogP contribution in [0.5, 0.6) is 0 Å². The smallest absolute Gasteiger partial charge is 0.281 e. The van der Waals surface area contributed by atoms with Gasteiger partial charge < -0.3 is 0 Å². The van der Waals surface area contributed by atoms with Gasteiger partial charge in [-0.1, -0.05) is 30.3 Å². The summed E-state index contributed by atoms with van der Waals surface area (Å²) in [4.78, 5) is 23.4. The van der Waals surface area contributed by atoms with Crippen molar-refractivity contribution in [1.82, 2.24) is 9.13 Å². The number of nitrogens with zero attached hydrogens (tertiary/aromatic N) is 3. The van der Waals surface area contributed by atoms with Crippen molar-refractivity contribution in [2.45, 2.75) is 6.92 Å². The summed E-state index contributed by atoms with van der Waals surface area (Å²) in [5.74, 6) is 0.355. The van der Waals surface area contributed by atoms with E-state index >= 15 is 0 Å². The standard InChI is InChI=1S/C14H16N4O2/c1-10(11-7-5-4-6-8-11)15-16-12-9-13(19)18(3)14(20)17(12)2/h4-9,16H,1-3H3/b15-10+. The molecule has 0 saturated heterocycles. The van der Waals surface area contributed by atoms with Crippen LogP contribution in [0.15, 0.2) is 51.1 Å². The van der Waals surface area contributed by atoms with E-state index in [-0.39, 0.29) is 5.56 Å². The van der Waals surface area contributed by atoms with Crippen molar-refractivity contribution in [3.8, 4) is 0 Å². The molecule has 1 aromatic heterocycles. The van der Waals surface area contributed by atoms with E-state index in [9.17, 15) is 9.59 Å². The normalized spacial score (nSPS) is 11.4. The van der Waals surface area contributed by atoms with Gasteiger partial charge in [0.1, 0.15) is 5.82 Å². The molecule has 2 aromatic rings. The van der Waals surface area contributed by atoms with Gasteiger partial charge in [0, 0.05) is 20.2 Å². The lowest BCUT2D eigenvalue weighted by molar-refractivity contribution is 0.690. The Morgan fingerprint density at radius 2 is 1.75 bits per heavy atom. The Balaban J connectivity index is 2.33. The SMILES string of the molecule is C/C(=N\Nc1cc(=O)n(C)c(=O)n1C)c1ccccc1. The van der Waals surface area contributed by atoms with E-state index in [1.807, 2.05) is 37.3 Å². The minimum atomic E-state index is -0.396. The zero-order valence-electron chi connectivity index (χ0n) is 11.6. The maximum atomic E-state index is 11.8. The first-order valence-electron chi connectivity index (χ1n) is 6.13. The van der Waals surface area contributed by atoms with Crippen molar-refractivity contribution in [1.29, 1.82) is 0 Å². The summed E-state index contributed by atoms with van der Waals surface area (Å²) < 4.78 is 2.38. The molecule has 0 atom stereocenters. The molecule has 20 heavy (non-hydrogen) atoms. The predicted octanol–water partition coefficient (Wildman–Crippen LogP) is 0.920. The lowest BCUT2D eigenvalue weighted by Gasteiger charge is -2.09. The number of hydrogen-bond donors (Lipinski definition) is 1. The first kappa shape index (κ1) is 13.8. The van der Waals surface area contributed by atoms with Gasteiger partial charge in [-0.15, -0.1) is 0 Å². The van der Waals surface area contributed by atoms with Gasteiger partial charge in [-0.25, -0.2) is 4.79 Å². The number of nitrogens with one attached hydrogen (secondary N) is 1. The fourth-order valence-electron chi connectivity index (χ4n) is 1.73. The Kier molecular flexibility index (Phi) is 3.84. The minimum absolute atomic E-state index is 0.355. The zero-order chi connectivity index (χ0) is 14.7. The summed E-state index contributed by atoms with van der Waals surface area (Å²) in [6.45, 7) is 1.85. The number of anilines is 1. The summed E-state index contributed by atoms with van der Waals surface area (Å²) >= 11 is 0. The van der Waals surface area contributed by atoms with Crippen molar-refractivity contribution < 1.29 is 0 Å². The molecule has 0 bridgehead atoms. The van der Waals surface area contributed by atoms with E-state index in [2.05, 4.69) is 10.5 Å². The molecule has 0 spiro atoms. The third-order valence-corrected chi connectivity index (χ3v) is 3.06. The number of aromatic nitrogens is 2. The molecule has 0 amide bonds. The van der Waals surface area contributed by atoms with Crippen LogP contribution in [0.25, 0.3) is 0 Å². The van der Waals surface area contributed by atoms with Crippen LogP contribution < -0.4 is 16.7 Å². The summed E-state index contributed by atoms with van der Waals surface area (Å²) in [6.07, 6.45) is 0. The van der Waals surface area contributed by atoms with E-state index in [4.69, 9.17) is 0 Å². The molecule has 0 fully saturated rings. The highest BCUT2D eigenvalue weighted by Crippen LogP contribution is 2.03. The number of hydrazone groups is 1. The Morgan fingerprint density at radius 1 is 1.10 bits per heavy atom. The van der Waals surface area contributed by atoms with E-state index in [1.165, 1.54) is 17.7 Å². The first-order valence-corrected chi connectivity index (χ1v) is 6.13. The number of hydrogen-bond acceptors (Lipinski definition) is 4. The molecule has 0 unspecified atom stereocenters.